The van der Waals surface area contributed by atoms with E-state index < -0.39 is 25.0 Å². The Morgan fingerprint density at radius 3 is 1.45 bits per heavy atom. The number of fused-ring (bicyclic) bond motifs is 1. The lowest BCUT2D eigenvalue weighted by atomic mass is 9.97. The number of carbonyl (C=O) groups excluding carboxylic acids is 3. The summed E-state index contributed by atoms with van der Waals surface area (Å²) in [5.41, 5.74) is 1.83. The number of ether oxygens (including phenoxy) is 3. The number of esters is 3. The first kappa shape index (κ1) is 26.6. The van der Waals surface area contributed by atoms with Crippen molar-refractivity contribution in [1.82, 2.24) is 0 Å². The van der Waals surface area contributed by atoms with Gasteiger partial charge in [-0.15, -0.1) is 0 Å². The van der Waals surface area contributed by atoms with E-state index in [9.17, 15) is 14.4 Å². The van der Waals surface area contributed by atoms with Gasteiger partial charge in [0.1, 0.15) is 30.9 Å². The molecule has 200 valence electrons. The molecular weight excluding hydrogens is 511 g/mol. The Morgan fingerprint density at radius 2 is 0.975 bits per heavy atom. The molecule has 0 saturated heterocycles. The lowest BCUT2D eigenvalue weighted by molar-refractivity contribution is 0.0420. The van der Waals surface area contributed by atoms with Gasteiger partial charge in [0.2, 0.25) is 0 Å². The summed E-state index contributed by atoms with van der Waals surface area (Å²) in [4.78, 5) is 40.0. The molecule has 8 nitrogen and oxygen atoms in total. The van der Waals surface area contributed by atoms with Gasteiger partial charge in [-0.05, 0) is 29.6 Å². The summed E-state index contributed by atoms with van der Waals surface area (Å²) in [6.45, 7) is 1.52. The highest BCUT2D eigenvalue weighted by Gasteiger charge is 2.39. The number of rotatable bonds is 9. The molecule has 0 amide bonds. The second-order valence-electron chi connectivity index (χ2n) is 8.99. The van der Waals surface area contributed by atoms with Gasteiger partial charge < -0.3 is 23.5 Å². The molecule has 40 heavy (non-hydrogen) atoms. The average molecular weight is 536 g/mol. The van der Waals surface area contributed by atoms with Crippen molar-refractivity contribution in [3.05, 3.63) is 130 Å². The molecule has 0 saturated carbocycles. The van der Waals surface area contributed by atoms with Crippen molar-refractivity contribution < 1.29 is 37.9 Å². The monoisotopic (exact) mass is 536 g/mol. The van der Waals surface area contributed by atoms with E-state index in [1.54, 1.807) is 31.1 Å². The molecule has 1 heterocycles. The lowest BCUT2D eigenvalue weighted by Gasteiger charge is -2.15. The Hall–Kier alpha value is -5.05. The predicted molar refractivity (Wildman–Crippen MR) is 146 cm³/mol. The van der Waals surface area contributed by atoms with Crippen LogP contribution < -0.4 is 9.31 Å². The molecule has 0 atom stereocenters. The average Bonchev–Trinajstić information content (AvgIpc) is 3.39. The molecule has 0 unspecified atom stereocenters. The Bertz CT molecular complexity index is 1510. The molecule has 0 aliphatic carbocycles. The van der Waals surface area contributed by atoms with Crippen molar-refractivity contribution in [1.29, 1.82) is 0 Å². The molecule has 4 aromatic carbocycles. The standard InChI is InChI=1S/C31H25BO8/c1-32-39-27-25(30(34)37-19-22-13-7-3-8-14-22)17-24(29(33)36-18-21-11-5-2-6-12-21)26(28(27)40-32)31(35)38-20-23-15-9-4-10-16-23/h2-17H,18-20H2,1H3. The van der Waals surface area contributed by atoms with Crippen LogP contribution in [0.5, 0.6) is 11.5 Å². The largest absolute Gasteiger partial charge is 0.591 e. The van der Waals surface area contributed by atoms with E-state index in [-0.39, 0.29) is 48.0 Å². The Balaban J connectivity index is 1.48. The Kier molecular flexibility index (Phi) is 8.11. The molecule has 5 rings (SSSR count). The van der Waals surface area contributed by atoms with Gasteiger partial charge in [0.05, 0.1) is 5.56 Å². The number of benzene rings is 4. The van der Waals surface area contributed by atoms with Crippen LogP contribution in [0.15, 0.2) is 97.1 Å². The molecule has 0 aromatic heterocycles. The number of hydrogen-bond donors (Lipinski definition) is 0. The van der Waals surface area contributed by atoms with Gasteiger partial charge >= 0.3 is 25.0 Å². The van der Waals surface area contributed by atoms with Crippen molar-refractivity contribution in [2.75, 3.05) is 0 Å². The smallest absolute Gasteiger partial charge is 0.523 e. The summed E-state index contributed by atoms with van der Waals surface area (Å²) in [5, 5.41) is 0. The van der Waals surface area contributed by atoms with Crippen LogP contribution in [0, 0.1) is 0 Å². The number of carbonyl (C=O) groups is 3. The first-order valence-corrected chi connectivity index (χ1v) is 12.7. The summed E-state index contributed by atoms with van der Waals surface area (Å²) >= 11 is 0. The third kappa shape index (κ3) is 6.15. The zero-order chi connectivity index (χ0) is 27.9. The maximum Gasteiger partial charge on any atom is 0.591 e. The fourth-order valence-electron chi connectivity index (χ4n) is 4.14. The van der Waals surface area contributed by atoms with Gasteiger partial charge in [0, 0.05) is 0 Å². The van der Waals surface area contributed by atoms with E-state index in [0.29, 0.717) is 0 Å². The molecular formula is C31H25BO8. The van der Waals surface area contributed by atoms with E-state index in [4.69, 9.17) is 23.5 Å². The zero-order valence-corrected chi connectivity index (χ0v) is 21.7. The molecule has 0 fully saturated rings. The third-order valence-electron chi connectivity index (χ3n) is 6.09. The quantitative estimate of drug-likeness (QED) is 0.154. The van der Waals surface area contributed by atoms with Crippen LogP contribution in [0.3, 0.4) is 0 Å². The van der Waals surface area contributed by atoms with E-state index in [1.165, 1.54) is 6.07 Å². The molecule has 0 bridgehead atoms. The molecule has 1 aliphatic rings. The van der Waals surface area contributed by atoms with Gasteiger partial charge in [-0.1, -0.05) is 91.0 Å². The van der Waals surface area contributed by atoms with Crippen LogP contribution in [-0.2, 0) is 34.0 Å². The minimum atomic E-state index is -0.835. The van der Waals surface area contributed by atoms with Gasteiger partial charge in [0.15, 0.2) is 11.5 Å². The predicted octanol–water partition coefficient (Wildman–Crippen LogP) is 5.65. The van der Waals surface area contributed by atoms with Crippen LogP contribution in [0.1, 0.15) is 47.8 Å². The highest BCUT2D eigenvalue weighted by molar-refractivity contribution is 6.46. The van der Waals surface area contributed by atoms with Crippen LogP contribution in [0.4, 0.5) is 0 Å². The second-order valence-corrected chi connectivity index (χ2v) is 8.99. The van der Waals surface area contributed by atoms with Crippen molar-refractivity contribution in [3.8, 4) is 11.5 Å². The van der Waals surface area contributed by atoms with Crippen LogP contribution >= 0.6 is 0 Å². The van der Waals surface area contributed by atoms with E-state index in [1.807, 2.05) is 66.7 Å². The van der Waals surface area contributed by atoms with E-state index in [2.05, 4.69) is 0 Å². The Morgan fingerprint density at radius 1 is 0.575 bits per heavy atom. The van der Waals surface area contributed by atoms with Gasteiger partial charge in [0.25, 0.3) is 0 Å². The summed E-state index contributed by atoms with van der Waals surface area (Å²) < 4.78 is 28.1. The highest BCUT2D eigenvalue weighted by Crippen LogP contribution is 2.43. The van der Waals surface area contributed by atoms with Gasteiger partial charge in [-0.25, -0.2) is 14.4 Å². The van der Waals surface area contributed by atoms with Crippen LogP contribution in [0.25, 0.3) is 0 Å². The fourth-order valence-corrected chi connectivity index (χ4v) is 4.14. The molecule has 0 radical (unpaired) electrons. The third-order valence-corrected chi connectivity index (χ3v) is 6.09. The molecule has 0 N–H and O–H groups in total. The lowest BCUT2D eigenvalue weighted by Crippen LogP contribution is -2.19. The fraction of sp³-hybridized carbons (Fsp3) is 0.129. The second kappa shape index (κ2) is 12.2. The van der Waals surface area contributed by atoms with Crippen molar-refractivity contribution in [3.63, 3.8) is 0 Å². The molecule has 4 aromatic rings. The summed E-state index contributed by atoms with van der Waals surface area (Å²) in [6, 6.07) is 28.6. The van der Waals surface area contributed by atoms with Crippen LogP contribution in [-0.4, -0.2) is 25.0 Å². The molecule has 0 spiro atoms. The minimum absolute atomic E-state index is 0.000483. The van der Waals surface area contributed by atoms with Crippen molar-refractivity contribution in [2.45, 2.75) is 26.6 Å². The van der Waals surface area contributed by atoms with Gasteiger partial charge in [-0.2, -0.15) is 0 Å². The summed E-state index contributed by atoms with van der Waals surface area (Å²) in [7, 11) is -0.827. The minimum Gasteiger partial charge on any atom is -0.523 e. The number of hydrogen-bond acceptors (Lipinski definition) is 8. The first-order chi connectivity index (χ1) is 19.5. The maximum atomic E-state index is 13.4. The van der Waals surface area contributed by atoms with Crippen molar-refractivity contribution >= 4 is 25.0 Å². The zero-order valence-electron chi connectivity index (χ0n) is 21.7. The SMILES string of the molecule is CB1Oc2c(C(=O)OCc3ccccc3)cc(C(=O)OCc3ccccc3)c(C(=O)OCc3ccccc3)c2O1. The van der Waals surface area contributed by atoms with Crippen molar-refractivity contribution in [2.24, 2.45) is 0 Å². The summed E-state index contributed by atoms with van der Waals surface area (Å²) in [6.07, 6.45) is 0. The van der Waals surface area contributed by atoms with E-state index >= 15 is 0 Å². The Labute approximate surface area is 231 Å². The van der Waals surface area contributed by atoms with Crippen LogP contribution in [0.2, 0.25) is 6.82 Å². The summed E-state index contributed by atoms with van der Waals surface area (Å²) in [5.74, 6) is -2.49. The normalized spacial score (nSPS) is 11.6. The highest BCUT2D eigenvalue weighted by atomic mass is 16.6. The maximum absolute atomic E-state index is 13.4. The topological polar surface area (TPSA) is 97.4 Å². The molecule has 1 aliphatic heterocycles. The molecule has 9 heteroatoms. The first-order valence-electron chi connectivity index (χ1n) is 12.7. The van der Waals surface area contributed by atoms with E-state index in [0.717, 1.165) is 16.7 Å². The van der Waals surface area contributed by atoms with Gasteiger partial charge in [-0.3, -0.25) is 0 Å².